The van der Waals surface area contributed by atoms with Crippen LogP contribution in [-0.4, -0.2) is 49.8 Å². The van der Waals surface area contributed by atoms with Gasteiger partial charge in [-0.2, -0.15) is 4.31 Å². The molecule has 3 rings (SSSR count). The number of piperazine rings is 1. The Morgan fingerprint density at radius 2 is 1.59 bits per heavy atom. The summed E-state index contributed by atoms with van der Waals surface area (Å²) in [4.78, 5) is 14.4. The van der Waals surface area contributed by atoms with Crippen LogP contribution in [-0.2, 0) is 16.6 Å². The molecule has 2 aromatic carbocycles. The lowest BCUT2D eigenvalue weighted by molar-refractivity contribution is 0.172. The zero-order valence-electron chi connectivity index (χ0n) is 15.7. The minimum Gasteiger partial charge on any atom is -0.334 e. The average Bonchev–Trinajstić information content (AvgIpc) is 2.67. The fourth-order valence-electron chi connectivity index (χ4n) is 3.08. The summed E-state index contributed by atoms with van der Waals surface area (Å²) in [5, 5.41) is 2.92. The second-order valence-corrected chi connectivity index (χ2v) is 8.73. The summed E-state index contributed by atoms with van der Waals surface area (Å²) >= 11 is 0. The van der Waals surface area contributed by atoms with E-state index < -0.39 is 10.0 Å². The topological polar surface area (TPSA) is 69.7 Å². The molecule has 27 heavy (non-hydrogen) atoms. The SMILES string of the molecule is Cc1ccc(S(=O)(=O)N2CCN(C(=O)NCc3ccccc3C)CC2)cc1. The van der Waals surface area contributed by atoms with Crippen molar-refractivity contribution in [2.45, 2.75) is 25.3 Å². The molecule has 2 aromatic rings. The van der Waals surface area contributed by atoms with Crippen molar-refractivity contribution in [2.24, 2.45) is 0 Å². The number of urea groups is 1. The highest BCUT2D eigenvalue weighted by Crippen LogP contribution is 2.18. The van der Waals surface area contributed by atoms with E-state index in [1.54, 1.807) is 29.2 Å². The predicted octanol–water partition coefficient (Wildman–Crippen LogP) is 2.52. The van der Waals surface area contributed by atoms with Gasteiger partial charge in [0.05, 0.1) is 4.90 Å². The fourth-order valence-corrected chi connectivity index (χ4v) is 4.50. The molecule has 0 aromatic heterocycles. The third-order valence-corrected chi connectivity index (χ3v) is 6.79. The van der Waals surface area contributed by atoms with E-state index in [1.807, 2.05) is 38.1 Å². The molecule has 0 bridgehead atoms. The van der Waals surface area contributed by atoms with E-state index in [4.69, 9.17) is 0 Å². The Kier molecular flexibility index (Phi) is 5.82. The maximum atomic E-state index is 12.7. The maximum Gasteiger partial charge on any atom is 0.317 e. The highest BCUT2D eigenvalue weighted by molar-refractivity contribution is 7.89. The van der Waals surface area contributed by atoms with Crippen molar-refractivity contribution in [3.63, 3.8) is 0 Å². The van der Waals surface area contributed by atoms with Crippen molar-refractivity contribution >= 4 is 16.1 Å². The number of nitrogens with zero attached hydrogens (tertiary/aromatic N) is 2. The van der Waals surface area contributed by atoms with Gasteiger partial charge in [-0.25, -0.2) is 13.2 Å². The second-order valence-electron chi connectivity index (χ2n) is 6.79. The summed E-state index contributed by atoms with van der Waals surface area (Å²) in [5.74, 6) is 0. The van der Waals surface area contributed by atoms with Gasteiger partial charge in [0, 0.05) is 32.7 Å². The molecule has 2 amide bonds. The van der Waals surface area contributed by atoms with Gasteiger partial charge in [-0.1, -0.05) is 42.0 Å². The molecule has 1 saturated heterocycles. The maximum absolute atomic E-state index is 12.7. The van der Waals surface area contributed by atoms with Gasteiger partial charge >= 0.3 is 6.03 Å². The molecule has 0 aliphatic carbocycles. The first-order valence-corrected chi connectivity index (χ1v) is 10.5. The lowest BCUT2D eigenvalue weighted by atomic mass is 10.1. The van der Waals surface area contributed by atoms with Gasteiger partial charge in [0.2, 0.25) is 10.0 Å². The number of carbonyl (C=O) groups excluding carboxylic acids is 1. The van der Waals surface area contributed by atoms with Gasteiger partial charge in [0.15, 0.2) is 0 Å². The first-order valence-electron chi connectivity index (χ1n) is 9.02. The molecule has 7 heteroatoms. The minimum absolute atomic E-state index is 0.161. The van der Waals surface area contributed by atoms with Gasteiger partial charge in [-0.05, 0) is 37.1 Å². The van der Waals surface area contributed by atoms with E-state index in [-0.39, 0.29) is 6.03 Å². The van der Waals surface area contributed by atoms with Crippen LogP contribution in [0.15, 0.2) is 53.4 Å². The highest BCUT2D eigenvalue weighted by atomic mass is 32.2. The van der Waals surface area contributed by atoms with E-state index >= 15 is 0 Å². The standard InChI is InChI=1S/C20H25N3O3S/c1-16-7-9-19(10-8-16)27(25,26)23-13-11-22(12-14-23)20(24)21-15-18-6-4-3-5-17(18)2/h3-10H,11-15H2,1-2H3,(H,21,24). The number of nitrogens with one attached hydrogen (secondary N) is 1. The number of aryl methyl sites for hydroxylation is 2. The highest BCUT2D eigenvalue weighted by Gasteiger charge is 2.29. The van der Waals surface area contributed by atoms with Crippen LogP contribution in [0, 0.1) is 13.8 Å². The number of rotatable bonds is 4. The lowest BCUT2D eigenvalue weighted by Gasteiger charge is -2.34. The van der Waals surface area contributed by atoms with Crippen LogP contribution in [0.3, 0.4) is 0 Å². The van der Waals surface area contributed by atoms with Crippen LogP contribution < -0.4 is 5.32 Å². The molecule has 0 radical (unpaired) electrons. The first kappa shape index (κ1) is 19.4. The second kappa shape index (κ2) is 8.10. The number of benzene rings is 2. The van der Waals surface area contributed by atoms with Crippen molar-refractivity contribution in [1.82, 2.24) is 14.5 Å². The van der Waals surface area contributed by atoms with Gasteiger partial charge in [-0.3, -0.25) is 0 Å². The number of hydrogen-bond donors (Lipinski definition) is 1. The van der Waals surface area contributed by atoms with Gasteiger partial charge in [0.25, 0.3) is 0 Å². The summed E-state index contributed by atoms with van der Waals surface area (Å²) < 4.78 is 26.9. The summed E-state index contributed by atoms with van der Waals surface area (Å²) in [6.07, 6.45) is 0. The summed E-state index contributed by atoms with van der Waals surface area (Å²) in [6, 6.07) is 14.6. The Hall–Kier alpha value is -2.38. The molecule has 0 atom stereocenters. The summed E-state index contributed by atoms with van der Waals surface area (Å²) in [5.41, 5.74) is 3.22. The summed E-state index contributed by atoms with van der Waals surface area (Å²) in [7, 11) is -3.51. The normalized spacial score (nSPS) is 15.6. The Morgan fingerprint density at radius 1 is 0.963 bits per heavy atom. The van der Waals surface area contributed by atoms with Gasteiger partial charge < -0.3 is 10.2 Å². The molecule has 6 nitrogen and oxygen atoms in total. The third-order valence-electron chi connectivity index (χ3n) is 4.88. The number of sulfonamides is 1. The Bertz CT molecular complexity index is 902. The molecular formula is C20H25N3O3S. The Morgan fingerprint density at radius 3 is 2.22 bits per heavy atom. The van der Waals surface area contributed by atoms with Crippen LogP contribution in [0.2, 0.25) is 0 Å². The quantitative estimate of drug-likeness (QED) is 0.876. The van der Waals surface area contributed by atoms with Crippen LogP contribution >= 0.6 is 0 Å². The van der Waals surface area contributed by atoms with E-state index in [1.165, 1.54) is 4.31 Å². The van der Waals surface area contributed by atoms with E-state index in [0.29, 0.717) is 37.6 Å². The van der Waals surface area contributed by atoms with Gasteiger partial charge in [0.1, 0.15) is 0 Å². The molecule has 0 saturated carbocycles. The zero-order valence-corrected chi connectivity index (χ0v) is 16.5. The molecule has 0 spiro atoms. The molecule has 1 N–H and O–H groups in total. The average molecular weight is 388 g/mol. The van der Waals surface area contributed by atoms with Crippen molar-refractivity contribution in [2.75, 3.05) is 26.2 Å². The minimum atomic E-state index is -3.51. The van der Waals surface area contributed by atoms with Crippen LogP contribution in [0.4, 0.5) is 4.79 Å². The smallest absolute Gasteiger partial charge is 0.317 e. The monoisotopic (exact) mass is 387 g/mol. The molecule has 1 heterocycles. The molecule has 1 fully saturated rings. The molecule has 0 unspecified atom stereocenters. The van der Waals surface area contributed by atoms with Crippen molar-refractivity contribution in [3.05, 3.63) is 65.2 Å². The Balaban J connectivity index is 1.56. The Labute approximate surface area is 160 Å². The number of carbonyl (C=O) groups is 1. The van der Waals surface area contributed by atoms with Gasteiger partial charge in [-0.15, -0.1) is 0 Å². The first-order chi connectivity index (χ1) is 12.9. The van der Waals surface area contributed by atoms with Crippen molar-refractivity contribution in [3.8, 4) is 0 Å². The van der Waals surface area contributed by atoms with Crippen LogP contribution in [0.1, 0.15) is 16.7 Å². The zero-order chi connectivity index (χ0) is 19.4. The van der Waals surface area contributed by atoms with E-state index in [0.717, 1.165) is 16.7 Å². The molecule has 144 valence electrons. The largest absolute Gasteiger partial charge is 0.334 e. The molecule has 1 aliphatic heterocycles. The molecule has 1 aliphatic rings. The van der Waals surface area contributed by atoms with Crippen molar-refractivity contribution < 1.29 is 13.2 Å². The fraction of sp³-hybridized carbons (Fsp3) is 0.350. The third kappa shape index (κ3) is 4.48. The predicted molar refractivity (Wildman–Crippen MR) is 105 cm³/mol. The molecular weight excluding hydrogens is 362 g/mol. The van der Waals surface area contributed by atoms with Crippen molar-refractivity contribution in [1.29, 1.82) is 0 Å². The number of amides is 2. The van der Waals surface area contributed by atoms with E-state index in [9.17, 15) is 13.2 Å². The number of hydrogen-bond acceptors (Lipinski definition) is 3. The van der Waals surface area contributed by atoms with Crippen LogP contribution in [0.25, 0.3) is 0 Å². The van der Waals surface area contributed by atoms with E-state index in [2.05, 4.69) is 5.32 Å². The van der Waals surface area contributed by atoms with Crippen LogP contribution in [0.5, 0.6) is 0 Å². The lowest BCUT2D eigenvalue weighted by Crippen LogP contribution is -2.52. The summed E-state index contributed by atoms with van der Waals surface area (Å²) in [6.45, 7) is 5.76.